The van der Waals surface area contributed by atoms with Crippen molar-refractivity contribution < 1.29 is 13.3 Å². The Morgan fingerprint density at radius 1 is 1.09 bits per heavy atom. The van der Waals surface area contributed by atoms with E-state index in [0.717, 1.165) is 18.4 Å². The van der Waals surface area contributed by atoms with Crippen molar-refractivity contribution in [2.45, 2.75) is 29.8 Å². The van der Waals surface area contributed by atoms with E-state index in [4.69, 9.17) is 0 Å². The van der Waals surface area contributed by atoms with Gasteiger partial charge in [-0.25, -0.2) is 8.42 Å². The molecule has 7 heteroatoms. The lowest BCUT2D eigenvalue weighted by molar-refractivity contribution is -0.384. The van der Waals surface area contributed by atoms with Crippen LogP contribution in [0.2, 0.25) is 0 Å². The van der Waals surface area contributed by atoms with Crippen LogP contribution in [0.4, 0.5) is 5.69 Å². The lowest BCUT2D eigenvalue weighted by Crippen LogP contribution is -2.14. The summed E-state index contributed by atoms with van der Waals surface area (Å²) in [5.74, 6) is 0. The number of hydrogen-bond donors (Lipinski definition) is 0. The summed E-state index contributed by atoms with van der Waals surface area (Å²) in [7, 11) is -3.62. The summed E-state index contributed by atoms with van der Waals surface area (Å²) < 4.78 is 27.1. The van der Waals surface area contributed by atoms with Crippen LogP contribution in [0.3, 0.4) is 0 Å². The van der Waals surface area contributed by atoms with Gasteiger partial charge in [-0.05, 0) is 36.1 Å². The average Bonchev–Trinajstić information content (AvgIpc) is 3.31. The van der Waals surface area contributed by atoms with Crippen molar-refractivity contribution in [3.05, 3.63) is 69.8 Å². The molecule has 0 amide bonds. The summed E-state index contributed by atoms with van der Waals surface area (Å²) in [5.41, 5.74) is 2.17. The van der Waals surface area contributed by atoms with Gasteiger partial charge in [-0.15, -0.1) is 0 Å². The largest absolute Gasteiger partial charge is 0.269 e. The zero-order valence-corrected chi connectivity index (χ0v) is 12.9. The van der Waals surface area contributed by atoms with Crippen LogP contribution in [-0.4, -0.2) is 23.7 Å². The first-order valence-electron chi connectivity index (χ1n) is 7.36. The first kappa shape index (κ1) is 14.3. The molecule has 0 aromatic heterocycles. The summed E-state index contributed by atoms with van der Waals surface area (Å²) >= 11 is 0. The van der Waals surface area contributed by atoms with Crippen LogP contribution < -0.4 is 0 Å². The van der Waals surface area contributed by atoms with Crippen LogP contribution in [0, 0.1) is 10.1 Å². The Hall–Kier alpha value is -2.25. The summed E-state index contributed by atoms with van der Waals surface area (Å²) in [6.07, 6.45) is 1.69. The minimum absolute atomic E-state index is 0.00471. The Kier molecular flexibility index (Phi) is 3.04. The fraction of sp³-hybridized carbons (Fsp3) is 0.250. The van der Waals surface area contributed by atoms with Gasteiger partial charge in [-0.3, -0.25) is 10.1 Å². The van der Waals surface area contributed by atoms with Crippen molar-refractivity contribution in [3.8, 4) is 0 Å². The predicted octanol–water partition coefficient (Wildman–Crippen LogP) is 2.66. The number of aryl methyl sites for hydroxylation is 1. The SMILES string of the molecule is O=[N+]([O-])c1ccc(S(=O)(=O)N2C3CCc4ccccc4C32)cc1. The summed E-state index contributed by atoms with van der Waals surface area (Å²) in [6.45, 7) is 0. The van der Waals surface area contributed by atoms with Crippen LogP contribution in [0.15, 0.2) is 53.4 Å². The normalized spacial score (nSPS) is 25.3. The fourth-order valence-corrected chi connectivity index (χ4v) is 5.23. The van der Waals surface area contributed by atoms with Gasteiger partial charge in [0.1, 0.15) is 0 Å². The van der Waals surface area contributed by atoms with Crippen LogP contribution in [0.25, 0.3) is 0 Å². The molecule has 3 atom stereocenters. The topological polar surface area (TPSA) is 80.3 Å². The molecule has 0 saturated carbocycles. The molecule has 1 saturated heterocycles. The second kappa shape index (κ2) is 4.87. The number of fused-ring (bicyclic) bond motifs is 3. The molecule has 3 unspecified atom stereocenters. The monoisotopic (exact) mass is 330 g/mol. The number of rotatable bonds is 3. The molecule has 1 fully saturated rings. The van der Waals surface area contributed by atoms with Crippen LogP contribution in [0.1, 0.15) is 23.6 Å². The highest BCUT2D eigenvalue weighted by molar-refractivity contribution is 7.89. The van der Waals surface area contributed by atoms with Crippen LogP contribution in [-0.2, 0) is 16.4 Å². The fourth-order valence-electron chi connectivity index (χ4n) is 3.43. The standard InChI is InChI=1S/C16H14N2O4S/c19-18(20)12-6-8-13(9-7-12)23(21,22)17-15-10-5-11-3-1-2-4-14(11)16(15)17/h1-4,6-9,15-16H,5,10H2. The molecule has 0 radical (unpaired) electrons. The maximum Gasteiger partial charge on any atom is 0.269 e. The lowest BCUT2D eigenvalue weighted by Gasteiger charge is -2.11. The van der Waals surface area contributed by atoms with Gasteiger partial charge >= 0.3 is 0 Å². The van der Waals surface area contributed by atoms with Crippen molar-refractivity contribution in [2.75, 3.05) is 0 Å². The van der Waals surface area contributed by atoms with E-state index in [0.29, 0.717) is 0 Å². The maximum atomic E-state index is 12.8. The number of nitro benzene ring substituents is 1. The highest BCUT2D eigenvalue weighted by Gasteiger charge is 2.57. The van der Waals surface area contributed by atoms with E-state index in [1.165, 1.54) is 34.1 Å². The Labute approximate surface area is 133 Å². The molecule has 2 aromatic carbocycles. The molecule has 1 aliphatic heterocycles. The van der Waals surface area contributed by atoms with Crippen molar-refractivity contribution >= 4 is 15.7 Å². The van der Waals surface area contributed by atoms with Crippen LogP contribution >= 0.6 is 0 Å². The second-order valence-electron chi connectivity index (χ2n) is 5.84. The summed E-state index contributed by atoms with van der Waals surface area (Å²) in [5, 5.41) is 10.7. The quantitative estimate of drug-likeness (QED) is 0.492. The maximum absolute atomic E-state index is 12.8. The first-order valence-corrected chi connectivity index (χ1v) is 8.80. The molecule has 6 nitrogen and oxygen atoms in total. The van der Waals surface area contributed by atoms with E-state index >= 15 is 0 Å². The number of nitro groups is 1. The summed E-state index contributed by atoms with van der Waals surface area (Å²) in [4.78, 5) is 10.3. The zero-order chi connectivity index (χ0) is 16.2. The van der Waals surface area contributed by atoms with E-state index in [2.05, 4.69) is 0 Å². The van der Waals surface area contributed by atoms with E-state index in [1.54, 1.807) is 0 Å². The Morgan fingerprint density at radius 3 is 2.48 bits per heavy atom. The number of non-ortho nitro benzene ring substituents is 1. The Balaban J connectivity index is 1.68. The molecule has 1 heterocycles. The van der Waals surface area contributed by atoms with E-state index in [9.17, 15) is 18.5 Å². The molecule has 0 N–H and O–H groups in total. The van der Waals surface area contributed by atoms with Gasteiger partial charge in [0.25, 0.3) is 5.69 Å². The average molecular weight is 330 g/mol. The third-order valence-corrected chi connectivity index (χ3v) is 6.50. The number of sulfonamides is 1. The molecule has 118 valence electrons. The van der Waals surface area contributed by atoms with Crippen molar-refractivity contribution in [1.82, 2.24) is 4.31 Å². The van der Waals surface area contributed by atoms with Crippen molar-refractivity contribution in [1.29, 1.82) is 0 Å². The van der Waals surface area contributed by atoms with Gasteiger partial charge in [-0.1, -0.05) is 24.3 Å². The van der Waals surface area contributed by atoms with Gasteiger partial charge < -0.3 is 0 Å². The van der Waals surface area contributed by atoms with Gasteiger partial charge in [0.15, 0.2) is 0 Å². The molecule has 1 aliphatic carbocycles. The van der Waals surface area contributed by atoms with Gasteiger partial charge in [-0.2, -0.15) is 4.31 Å². The predicted molar refractivity (Wildman–Crippen MR) is 83.4 cm³/mol. The third-order valence-electron chi connectivity index (χ3n) is 4.58. The molecular weight excluding hydrogens is 316 g/mol. The van der Waals surface area contributed by atoms with Crippen molar-refractivity contribution in [2.24, 2.45) is 0 Å². The molecular formula is C16H14N2O4S. The highest BCUT2D eigenvalue weighted by Crippen LogP contribution is 2.53. The Bertz CT molecular complexity index is 893. The summed E-state index contributed by atoms with van der Waals surface area (Å²) in [6, 6.07) is 12.9. The molecule has 2 aromatic rings. The smallest absolute Gasteiger partial charge is 0.258 e. The van der Waals surface area contributed by atoms with E-state index < -0.39 is 14.9 Å². The van der Waals surface area contributed by atoms with E-state index in [1.807, 2.05) is 24.3 Å². The molecule has 2 aliphatic rings. The minimum atomic E-state index is -3.62. The highest BCUT2D eigenvalue weighted by atomic mass is 32.2. The van der Waals surface area contributed by atoms with Gasteiger partial charge in [0, 0.05) is 18.2 Å². The molecule has 0 spiro atoms. The molecule has 23 heavy (non-hydrogen) atoms. The number of hydrogen-bond acceptors (Lipinski definition) is 4. The lowest BCUT2D eigenvalue weighted by atomic mass is 9.92. The Morgan fingerprint density at radius 2 is 1.78 bits per heavy atom. The molecule has 4 rings (SSSR count). The first-order chi connectivity index (χ1) is 11.0. The molecule has 0 bridgehead atoms. The van der Waals surface area contributed by atoms with Crippen molar-refractivity contribution in [3.63, 3.8) is 0 Å². The minimum Gasteiger partial charge on any atom is -0.258 e. The van der Waals surface area contributed by atoms with E-state index in [-0.39, 0.29) is 22.7 Å². The second-order valence-corrected chi connectivity index (χ2v) is 7.68. The van der Waals surface area contributed by atoms with Gasteiger partial charge in [0.05, 0.1) is 15.9 Å². The van der Waals surface area contributed by atoms with Gasteiger partial charge in [0.2, 0.25) is 10.0 Å². The van der Waals surface area contributed by atoms with Crippen LogP contribution in [0.5, 0.6) is 0 Å². The number of benzene rings is 2. The third kappa shape index (κ3) is 2.15. The number of nitrogens with zero attached hydrogens (tertiary/aromatic N) is 2. The zero-order valence-electron chi connectivity index (χ0n) is 12.1.